The van der Waals surface area contributed by atoms with Crippen LogP contribution in [0.2, 0.25) is 0 Å². The molecule has 0 radical (unpaired) electrons. The zero-order valence-corrected chi connectivity index (χ0v) is 15.1. The van der Waals surface area contributed by atoms with Crippen LogP contribution >= 0.6 is 22.6 Å². The molecule has 0 saturated carbocycles. The van der Waals surface area contributed by atoms with Crippen molar-refractivity contribution < 1.29 is 14.3 Å². The van der Waals surface area contributed by atoms with Gasteiger partial charge in [-0.05, 0) is 60.2 Å². The van der Waals surface area contributed by atoms with Crippen molar-refractivity contribution in [2.45, 2.75) is 26.0 Å². The normalized spacial score (nSPS) is 13.0. The second-order valence-electron chi connectivity index (χ2n) is 5.20. The molecule has 2 aromatic rings. The zero-order valence-electron chi connectivity index (χ0n) is 13.0. The lowest BCUT2D eigenvalue weighted by Crippen LogP contribution is -2.37. The van der Waals surface area contributed by atoms with E-state index in [0.29, 0.717) is 5.56 Å². The average Bonchev–Trinajstić information content (AvgIpc) is 2.55. The first kappa shape index (κ1) is 17.5. The third-order valence-corrected chi connectivity index (χ3v) is 4.04. The number of hydrogen-bond donors (Lipinski definition) is 1. The Morgan fingerprint density at radius 1 is 1.04 bits per heavy atom. The smallest absolute Gasteiger partial charge is 0.338 e. The van der Waals surface area contributed by atoms with Crippen LogP contribution in [0.3, 0.4) is 0 Å². The number of nitrogens with one attached hydrogen (secondary N) is 1. The molecular weight excluding hydrogens is 405 g/mol. The minimum atomic E-state index is -0.855. The molecule has 1 amide bonds. The molecule has 0 aliphatic heterocycles. The average molecular weight is 423 g/mol. The van der Waals surface area contributed by atoms with Crippen LogP contribution in [-0.4, -0.2) is 18.0 Å². The number of halogens is 1. The van der Waals surface area contributed by atoms with Gasteiger partial charge in [0.05, 0.1) is 11.6 Å². The fourth-order valence-corrected chi connectivity index (χ4v) is 2.60. The number of carbonyl (C=O) groups is 2. The van der Waals surface area contributed by atoms with Crippen LogP contribution in [0.15, 0.2) is 54.6 Å². The SMILES string of the molecule is CC(OC(=O)c1cccc(I)c1)C(=O)NC(C)c1ccccc1. The van der Waals surface area contributed by atoms with Gasteiger partial charge in [-0.15, -0.1) is 0 Å². The number of esters is 1. The van der Waals surface area contributed by atoms with Crippen molar-refractivity contribution in [3.63, 3.8) is 0 Å². The molecule has 2 unspecified atom stereocenters. The molecule has 0 heterocycles. The summed E-state index contributed by atoms with van der Waals surface area (Å²) in [4.78, 5) is 24.2. The Morgan fingerprint density at radius 2 is 1.74 bits per heavy atom. The first-order valence-electron chi connectivity index (χ1n) is 7.29. The van der Waals surface area contributed by atoms with E-state index < -0.39 is 12.1 Å². The number of rotatable bonds is 5. The van der Waals surface area contributed by atoms with Gasteiger partial charge in [-0.1, -0.05) is 36.4 Å². The molecule has 2 aromatic carbocycles. The maximum absolute atomic E-state index is 12.2. The lowest BCUT2D eigenvalue weighted by atomic mass is 10.1. The minimum Gasteiger partial charge on any atom is -0.449 e. The molecule has 5 heteroatoms. The Bertz CT molecular complexity index is 688. The largest absolute Gasteiger partial charge is 0.449 e. The Kier molecular flexibility index (Phi) is 6.15. The number of amides is 1. The molecule has 0 saturated heterocycles. The van der Waals surface area contributed by atoms with Crippen LogP contribution in [0, 0.1) is 3.57 Å². The molecule has 2 atom stereocenters. The van der Waals surface area contributed by atoms with E-state index in [4.69, 9.17) is 4.74 Å². The van der Waals surface area contributed by atoms with Crippen molar-refractivity contribution in [2.24, 2.45) is 0 Å². The number of ether oxygens (including phenoxy) is 1. The lowest BCUT2D eigenvalue weighted by molar-refractivity contribution is -0.129. The highest BCUT2D eigenvalue weighted by Crippen LogP contribution is 2.13. The predicted molar refractivity (Wildman–Crippen MR) is 97.0 cm³/mol. The summed E-state index contributed by atoms with van der Waals surface area (Å²) >= 11 is 2.12. The third-order valence-electron chi connectivity index (χ3n) is 3.37. The summed E-state index contributed by atoms with van der Waals surface area (Å²) in [6, 6.07) is 16.5. The molecule has 0 aliphatic rings. The number of carbonyl (C=O) groups excluding carboxylic acids is 2. The van der Waals surface area contributed by atoms with Crippen molar-refractivity contribution in [1.82, 2.24) is 5.32 Å². The van der Waals surface area contributed by atoms with Crippen LogP contribution in [0.25, 0.3) is 0 Å². The predicted octanol–water partition coefficient (Wildman–Crippen LogP) is 3.71. The van der Waals surface area contributed by atoms with Crippen LogP contribution < -0.4 is 5.32 Å². The summed E-state index contributed by atoms with van der Waals surface area (Å²) in [5.74, 6) is -0.820. The van der Waals surface area contributed by atoms with Gasteiger partial charge in [0, 0.05) is 3.57 Å². The fourth-order valence-electron chi connectivity index (χ4n) is 2.05. The van der Waals surface area contributed by atoms with Gasteiger partial charge >= 0.3 is 5.97 Å². The van der Waals surface area contributed by atoms with Gasteiger partial charge in [0.25, 0.3) is 5.91 Å². The fraction of sp³-hybridized carbons (Fsp3) is 0.222. The molecule has 4 nitrogen and oxygen atoms in total. The summed E-state index contributed by atoms with van der Waals surface area (Å²) in [7, 11) is 0. The van der Waals surface area contributed by atoms with Crippen molar-refractivity contribution in [3.05, 3.63) is 69.3 Å². The summed E-state index contributed by atoms with van der Waals surface area (Å²) in [5.41, 5.74) is 1.43. The highest BCUT2D eigenvalue weighted by atomic mass is 127. The van der Waals surface area contributed by atoms with E-state index in [1.54, 1.807) is 25.1 Å². The topological polar surface area (TPSA) is 55.4 Å². The van der Waals surface area contributed by atoms with Gasteiger partial charge in [0.15, 0.2) is 6.10 Å². The quantitative estimate of drug-likeness (QED) is 0.590. The molecule has 1 N–H and O–H groups in total. The summed E-state index contributed by atoms with van der Waals surface area (Å²) < 4.78 is 6.17. The molecule has 23 heavy (non-hydrogen) atoms. The summed E-state index contributed by atoms with van der Waals surface area (Å²) in [5, 5.41) is 2.85. The van der Waals surface area contributed by atoms with Gasteiger partial charge in [0.1, 0.15) is 0 Å². The first-order valence-corrected chi connectivity index (χ1v) is 8.37. The van der Waals surface area contributed by atoms with Crippen molar-refractivity contribution in [2.75, 3.05) is 0 Å². The van der Waals surface area contributed by atoms with Crippen LogP contribution in [-0.2, 0) is 9.53 Å². The van der Waals surface area contributed by atoms with Crippen LogP contribution in [0.1, 0.15) is 35.8 Å². The van der Waals surface area contributed by atoms with E-state index in [2.05, 4.69) is 27.9 Å². The van der Waals surface area contributed by atoms with Crippen molar-refractivity contribution in [1.29, 1.82) is 0 Å². The van der Waals surface area contributed by atoms with Gasteiger partial charge in [-0.3, -0.25) is 4.79 Å². The van der Waals surface area contributed by atoms with Crippen molar-refractivity contribution >= 4 is 34.5 Å². The minimum absolute atomic E-state index is 0.150. The van der Waals surface area contributed by atoms with Gasteiger partial charge in [-0.2, -0.15) is 0 Å². The Balaban J connectivity index is 1.93. The molecule has 0 bridgehead atoms. The van der Waals surface area contributed by atoms with E-state index in [1.165, 1.54) is 0 Å². The maximum atomic E-state index is 12.2. The highest BCUT2D eigenvalue weighted by molar-refractivity contribution is 14.1. The Hall–Kier alpha value is -1.89. The van der Waals surface area contributed by atoms with E-state index in [0.717, 1.165) is 9.13 Å². The van der Waals surface area contributed by atoms with Gasteiger partial charge in [-0.25, -0.2) is 4.79 Å². The molecule has 0 aromatic heterocycles. The second-order valence-corrected chi connectivity index (χ2v) is 6.44. The van der Waals surface area contributed by atoms with Crippen molar-refractivity contribution in [3.8, 4) is 0 Å². The third kappa shape index (κ3) is 5.06. The highest BCUT2D eigenvalue weighted by Gasteiger charge is 2.20. The van der Waals surface area contributed by atoms with Crippen LogP contribution in [0.5, 0.6) is 0 Å². The van der Waals surface area contributed by atoms with E-state index in [-0.39, 0.29) is 11.9 Å². The molecule has 0 spiro atoms. The van der Waals surface area contributed by atoms with E-state index >= 15 is 0 Å². The molecule has 0 fully saturated rings. The van der Waals surface area contributed by atoms with Gasteiger partial charge in [0.2, 0.25) is 0 Å². The molecule has 2 rings (SSSR count). The zero-order chi connectivity index (χ0) is 16.8. The molecule has 120 valence electrons. The van der Waals surface area contributed by atoms with Gasteiger partial charge < -0.3 is 10.1 Å². The van der Waals surface area contributed by atoms with E-state index in [1.807, 2.05) is 43.3 Å². The molecular formula is C18H18INO3. The Labute approximate surface area is 149 Å². The number of hydrogen-bond acceptors (Lipinski definition) is 3. The van der Waals surface area contributed by atoms with Crippen LogP contribution in [0.4, 0.5) is 0 Å². The molecule has 0 aliphatic carbocycles. The maximum Gasteiger partial charge on any atom is 0.338 e. The van der Waals surface area contributed by atoms with E-state index in [9.17, 15) is 9.59 Å². The standard InChI is InChI=1S/C18H18INO3/c1-12(14-7-4-3-5-8-14)20-17(21)13(2)23-18(22)15-9-6-10-16(19)11-15/h3-13H,1-2H3,(H,20,21). The number of benzene rings is 2. The monoisotopic (exact) mass is 423 g/mol. The summed E-state index contributed by atoms with van der Waals surface area (Å²) in [6.07, 6.45) is -0.855. The second kappa shape index (κ2) is 8.10. The first-order chi connectivity index (χ1) is 11.0. The summed E-state index contributed by atoms with van der Waals surface area (Å²) in [6.45, 7) is 3.46. The Morgan fingerprint density at radius 3 is 2.39 bits per heavy atom. The lowest BCUT2D eigenvalue weighted by Gasteiger charge is -2.18.